The van der Waals surface area contributed by atoms with E-state index in [0.29, 0.717) is 24.2 Å². The molecule has 0 heterocycles. The van der Waals surface area contributed by atoms with Crippen molar-refractivity contribution >= 4 is 11.9 Å². The summed E-state index contributed by atoms with van der Waals surface area (Å²) in [5, 5.41) is 18.6. The minimum absolute atomic E-state index is 0.192. The topological polar surface area (TPSA) is 74.6 Å². The van der Waals surface area contributed by atoms with Gasteiger partial charge in [0.05, 0.1) is 5.92 Å². The van der Waals surface area contributed by atoms with Gasteiger partial charge in [0, 0.05) is 6.42 Å². The Morgan fingerprint density at radius 2 is 1.23 bits per heavy atom. The summed E-state index contributed by atoms with van der Waals surface area (Å²) >= 11 is 0. The van der Waals surface area contributed by atoms with Crippen LogP contribution in [0, 0.1) is 23.7 Å². The molecule has 2 N–H and O–H groups in total. The Labute approximate surface area is 192 Å². The van der Waals surface area contributed by atoms with Crippen LogP contribution in [0.15, 0.2) is 0 Å². The van der Waals surface area contributed by atoms with Crippen molar-refractivity contribution in [2.24, 2.45) is 23.7 Å². The van der Waals surface area contributed by atoms with Crippen molar-refractivity contribution in [1.29, 1.82) is 0 Å². The highest BCUT2D eigenvalue weighted by Crippen LogP contribution is 2.34. The van der Waals surface area contributed by atoms with E-state index in [1.165, 1.54) is 57.8 Å². The first kappa shape index (κ1) is 29.9. The van der Waals surface area contributed by atoms with Crippen molar-refractivity contribution in [1.82, 2.24) is 0 Å². The van der Waals surface area contributed by atoms with Crippen LogP contribution in [0.4, 0.5) is 0 Å². The highest BCUT2D eigenvalue weighted by Gasteiger charge is 2.31. The Balaban J connectivity index is 4.12. The second kappa shape index (κ2) is 19.6. The molecular weight excluding hydrogens is 388 g/mol. The number of hydrogen-bond acceptors (Lipinski definition) is 2. The van der Waals surface area contributed by atoms with Gasteiger partial charge in [0.1, 0.15) is 0 Å². The van der Waals surface area contributed by atoms with Gasteiger partial charge in [-0.15, -0.1) is 0 Å². The van der Waals surface area contributed by atoms with E-state index in [9.17, 15) is 14.7 Å². The predicted octanol–water partition coefficient (Wildman–Crippen LogP) is 8.33. The van der Waals surface area contributed by atoms with Gasteiger partial charge < -0.3 is 10.2 Å². The van der Waals surface area contributed by atoms with Crippen LogP contribution in [-0.2, 0) is 9.59 Å². The third kappa shape index (κ3) is 16.3. The zero-order valence-electron chi connectivity index (χ0n) is 21.0. The normalized spacial score (nSPS) is 14.5. The number of hydrogen-bond donors (Lipinski definition) is 2. The van der Waals surface area contributed by atoms with Gasteiger partial charge in [0.15, 0.2) is 0 Å². The number of unbranched alkanes of at least 4 members (excludes halogenated alkanes) is 10. The van der Waals surface area contributed by atoms with E-state index < -0.39 is 11.9 Å². The lowest BCUT2D eigenvalue weighted by Crippen LogP contribution is -2.29. The number of aliphatic carboxylic acids is 2. The van der Waals surface area contributed by atoms with Gasteiger partial charge in [-0.1, -0.05) is 111 Å². The molecule has 0 aliphatic rings. The van der Waals surface area contributed by atoms with Crippen molar-refractivity contribution in [3.05, 3.63) is 0 Å². The predicted molar refractivity (Wildman–Crippen MR) is 130 cm³/mol. The van der Waals surface area contributed by atoms with Crippen LogP contribution in [0.2, 0.25) is 0 Å². The molecule has 3 atom stereocenters. The van der Waals surface area contributed by atoms with Gasteiger partial charge in [-0.05, 0) is 37.0 Å². The highest BCUT2D eigenvalue weighted by molar-refractivity contribution is 5.70. The third-order valence-electron chi connectivity index (χ3n) is 7.00. The second-order valence-corrected chi connectivity index (χ2v) is 9.97. The minimum Gasteiger partial charge on any atom is -0.481 e. The fourth-order valence-corrected chi connectivity index (χ4v) is 4.87. The Morgan fingerprint density at radius 3 is 1.65 bits per heavy atom. The van der Waals surface area contributed by atoms with Gasteiger partial charge in [-0.3, -0.25) is 9.59 Å². The largest absolute Gasteiger partial charge is 0.481 e. The molecule has 0 aliphatic carbocycles. The molecule has 0 aromatic carbocycles. The smallest absolute Gasteiger partial charge is 0.306 e. The first-order chi connectivity index (χ1) is 14.8. The Morgan fingerprint density at radius 1 is 0.710 bits per heavy atom. The lowest BCUT2D eigenvalue weighted by Gasteiger charge is -2.30. The Bertz CT molecular complexity index is 447. The van der Waals surface area contributed by atoms with E-state index in [1.807, 2.05) is 0 Å². The summed E-state index contributed by atoms with van der Waals surface area (Å²) in [7, 11) is 0. The summed E-state index contributed by atoms with van der Waals surface area (Å²) in [6.45, 7) is 8.81. The number of rotatable bonds is 22. The summed E-state index contributed by atoms with van der Waals surface area (Å²) in [4.78, 5) is 22.6. The van der Waals surface area contributed by atoms with Crippen LogP contribution in [0.3, 0.4) is 0 Å². The molecule has 0 saturated heterocycles. The lowest BCUT2D eigenvalue weighted by atomic mass is 9.74. The Kier molecular flexibility index (Phi) is 18.9. The van der Waals surface area contributed by atoms with Crippen LogP contribution >= 0.6 is 0 Å². The van der Waals surface area contributed by atoms with Gasteiger partial charge in [-0.25, -0.2) is 0 Å². The molecule has 4 heteroatoms. The molecule has 4 nitrogen and oxygen atoms in total. The molecule has 0 aromatic rings. The summed E-state index contributed by atoms with van der Waals surface area (Å²) in [6.07, 6.45) is 18.4. The molecule has 0 fully saturated rings. The summed E-state index contributed by atoms with van der Waals surface area (Å²) in [5.74, 6) is -0.202. The van der Waals surface area contributed by atoms with E-state index in [0.717, 1.165) is 44.9 Å². The molecule has 0 amide bonds. The summed E-state index contributed by atoms with van der Waals surface area (Å²) in [6, 6.07) is 0. The summed E-state index contributed by atoms with van der Waals surface area (Å²) in [5.41, 5.74) is 0. The zero-order valence-corrected chi connectivity index (χ0v) is 21.0. The van der Waals surface area contributed by atoms with Crippen molar-refractivity contribution in [2.75, 3.05) is 0 Å². The minimum atomic E-state index is -0.684. The number of carbonyl (C=O) groups is 2. The molecule has 0 rings (SSSR count). The molecular formula is C27H52O4. The number of carboxylic acids is 2. The quantitative estimate of drug-likeness (QED) is 0.166. The van der Waals surface area contributed by atoms with Gasteiger partial charge in [-0.2, -0.15) is 0 Å². The molecule has 0 aliphatic heterocycles. The van der Waals surface area contributed by atoms with Gasteiger partial charge >= 0.3 is 11.9 Å². The maximum absolute atomic E-state index is 12.1. The molecule has 0 spiro atoms. The second-order valence-electron chi connectivity index (χ2n) is 9.97. The number of carboxylic acid groups (broad SMARTS) is 2. The molecule has 3 unspecified atom stereocenters. The van der Waals surface area contributed by atoms with Crippen LogP contribution in [0.1, 0.15) is 137 Å². The van der Waals surface area contributed by atoms with Crippen molar-refractivity contribution in [3.63, 3.8) is 0 Å². The molecule has 0 saturated carbocycles. The van der Waals surface area contributed by atoms with Gasteiger partial charge in [0.2, 0.25) is 0 Å². The van der Waals surface area contributed by atoms with E-state index >= 15 is 0 Å². The monoisotopic (exact) mass is 440 g/mol. The fraction of sp³-hybridized carbons (Fsp3) is 0.926. The Hall–Kier alpha value is -1.06. The van der Waals surface area contributed by atoms with Crippen molar-refractivity contribution < 1.29 is 19.8 Å². The SMILES string of the molecule is CCCCC(CC)CC(C(=O)O)C(CCCCCCCCCCCCC(=O)O)C(C)C. The zero-order chi connectivity index (χ0) is 23.5. The maximum Gasteiger partial charge on any atom is 0.306 e. The average Bonchev–Trinajstić information content (AvgIpc) is 2.71. The van der Waals surface area contributed by atoms with Crippen molar-refractivity contribution in [2.45, 2.75) is 137 Å². The third-order valence-corrected chi connectivity index (χ3v) is 7.00. The van der Waals surface area contributed by atoms with Crippen LogP contribution in [0.25, 0.3) is 0 Å². The fourth-order valence-electron chi connectivity index (χ4n) is 4.87. The molecule has 0 aromatic heterocycles. The van der Waals surface area contributed by atoms with E-state index in [4.69, 9.17) is 5.11 Å². The van der Waals surface area contributed by atoms with E-state index in [2.05, 4.69) is 27.7 Å². The lowest BCUT2D eigenvalue weighted by molar-refractivity contribution is -0.145. The van der Waals surface area contributed by atoms with Crippen LogP contribution in [0.5, 0.6) is 0 Å². The standard InChI is InChI=1S/C27H52O4/c1-5-7-18-23(6-2)21-25(27(30)31)24(22(3)4)19-16-14-12-10-8-9-11-13-15-17-20-26(28)29/h22-25H,5-21H2,1-4H3,(H,28,29)(H,30,31). The molecule has 0 radical (unpaired) electrons. The van der Waals surface area contributed by atoms with Crippen molar-refractivity contribution in [3.8, 4) is 0 Å². The first-order valence-corrected chi connectivity index (χ1v) is 13.3. The highest BCUT2D eigenvalue weighted by atomic mass is 16.4. The average molecular weight is 441 g/mol. The summed E-state index contributed by atoms with van der Waals surface area (Å²) < 4.78 is 0. The van der Waals surface area contributed by atoms with Crippen LogP contribution in [-0.4, -0.2) is 22.2 Å². The molecule has 0 bridgehead atoms. The molecule has 184 valence electrons. The van der Waals surface area contributed by atoms with Gasteiger partial charge in [0.25, 0.3) is 0 Å². The molecule has 31 heavy (non-hydrogen) atoms. The van der Waals surface area contributed by atoms with E-state index in [-0.39, 0.29) is 5.92 Å². The maximum atomic E-state index is 12.1. The van der Waals surface area contributed by atoms with E-state index in [1.54, 1.807) is 0 Å². The van der Waals surface area contributed by atoms with Crippen LogP contribution < -0.4 is 0 Å². The first-order valence-electron chi connectivity index (χ1n) is 13.3.